The molecular formula is C9H14N2O. The van der Waals surface area contributed by atoms with Crippen LogP contribution in [-0.2, 0) is 0 Å². The van der Waals surface area contributed by atoms with E-state index in [4.69, 9.17) is 10.5 Å². The smallest absolute Gasteiger partial charge is 0.216 e. The minimum absolute atomic E-state index is 0.647. The molecule has 1 aromatic heterocycles. The maximum Gasteiger partial charge on any atom is 0.216 e. The summed E-state index contributed by atoms with van der Waals surface area (Å²) < 4.78 is 5.39. The Kier molecular flexibility index (Phi) is 3.54. The summed E-state index contributed by atoms with van der Waals surface area (Å²) >= 11 is 0. The van der Waals surface area contributed by atoms with E-state index in [-0.39, 0.29) is 0 Å². The summed E-state index contributed by atoms with van der Waals surface area (Å²) in [4.78, 5) is 4.09. The molecule has 0 saturated heterocycles. The maximum absolute atomic E-state index is 5.39. The molecule has 0 aliphatic heterocycles. The lowest BCUT2D eigenvalue weighted by molar-refractivity contribution is 0.299. The lowest BCUT2D eigenvalue weighted by Gasteiger charge is -2.05. The van der Waals surface area contributed by atoms with Gasteiger partial charge in [0.2, 0.25) is 5.88 Å². The van der Waals surface area contributed by atoms with Crippen LogP contribution < -0.4 is 10.5 Å². The second-order valence-electron chi connectivity index (χ2n) is 2.62. The number of hydrogen-bond acceptors (Lipinski definition) is 3. The van der Waals surface area contributed by atoms with Gasteiger partial charge in [0.25, 0.3) is 0 Å². The van der Waals surface area contributed by atoms with Crippen LogP contribution in [0.25, 0.3) is 0 Å². The van der Waals surface area contributed by atoms with Crippen LogP contribution in [0.1, 0.15) is 12.0 Å². The molecular weight excluding hydrogens is 152 g/mol. The molecule has 0 aliphatic carbocycles. The number of rotatable bonds is 4. The molecule has 0 radical (unpaired) electrons. The van der Waals surface area contributed by atoms with Gasteiger partial charge in [0.05, 0.1) is 6.61 Å². The Hall–Kier alpha value is -1.09. The third-order valence-corrected chi connectivity index (χ3v) is 1.55. The second kappa shape index (κ2) is 4.72. The molecule has 12 heavy (non-hydrogen) atoms. The van der Waals surface area contributed by atoms with E-state index in [0.29, 0.717) is 19.0 Å². The third kappa shape index (κ3) is 2.51. The van der Waals surface area contributed by atoms with E-state index in [1.807, 2.05) is 19.1 Å². The number of pyridine rings is 1. The van der Waals surface area contributed by atoms with E-state index < -0.39 is 0 Å². The Morgan fingerprint density at radius 3 is 3.08 bits per heavy atom. The zero-order chi connectivity index (χ0) is 8.81. The molecule has 0 unspecified atom stereocenters. The highest BCUT2D eigenvalue weighted by Crippen LogP contribution is 2.11. The minimum Gasteiger partial charge on any atom is -0.477 e. The standard InChI is InChI=1S/C9H14N2O/c1-8-4-2-6-11-9(8)12-7-3-5-10/h2,4,6H,3,5,7,10H2,1H3. The summed E-state index contributed by atoms with van der Waals surface area (Å²) in [6.45, 7) is 3.28. The normalized spacial score (nSPS) is 9.83. The molecule has 0 aliphatic rings. The van der Waals surface area contributed by atoms with Gasteiger partial charge in [0.1, 0.15) is 0 Å². The fourth-order valence-electron chi connectivity index (χ4n) is 0.874. The van der Waals surface area contributed by atoms with Crippen LogP contribution in [0.5, 0.6) is 5.88 Å². The van der Waals surface area contributed by atoms with Crippen LogP contribution in [0, 0.1) is 6.92 Å². The highest BCUT2D eigenvalue weighted by molar-refractivity contribution is 5.23. The van der Waals surface area contributed by atoms with Gasteiger partial charge in [-0.05, 0) is 26.0 Å². The van der Waals surface area contributed by atoms with Crippen molar-refractivity contribution in [1.29, 1.82) is 0 Å². The first-order valence-electron chi connectivity index (χ1n) is 4.09. The van der Waals surface area contributed by atoms with Crippen LogP contribution in [0.3, 0.4) is 0 Å². The number of hydrogen-bond donors (Lipinski definition) is 1. The van der Waals surface area contributed by atoms with Gasteiger partial charge in [0, 0.05) is 11.8 Å². The van der Waals surface area contributed by atoms with E-state index >= 15 is 0 Å². The Morgan fingerprint density at radius 2 is 2.42 bits per heavy atom. The van der Waals surface area contributed by atoms with Crippen LogP contribution in [0.4, 0.5) is 0 Å². The number of ether oxygens (including phenoxy) is 1. The van der Waals surface area contributed by atoms with Gasteiger partial charge in [-0.3, -0.25) is 0 Å². The molecule has 0 aromatic carbocycles. The first-order chi connectivity index (χ1) is 5.84. The van der Waals surface area contributed by atoms with E-state index in [2.05, 4.69) is 4.98 Å². The topological polar surface area (TPSA) is 48.1 Å². The molecule has 0 amide bonds. The predicted octanol–water partition coefficient (Wildman–Crippen LogP) is 1.12. The Morgan fingerprint density at radius 1 is 1.58 bits per heavy atom. The van der Waals surface area contributed by atoms with Gasteiger partial charge in [-0.25, -0.2) is 4.98 Å². The summed E-state index contributed by atoms with van der Waals surface area (Å²) in [5.41, 5.74) is 6.39. The van der Waals surface area contributed by atoms with Crippen molar-refractivity contribution < 1.29 is 4.74 Å². The predicted molar refractivity (Wildman–Crippen MR) is 48.1 cm³/mol. The summed E-state index contributed by atoms with van der Waals surface area (Å²) in [6.07, 6.45) is 2.60. The van der Waals surface area contributed by atoms with Gasteiger partial charge in [0.15, 0.2) is 0 Å². The van der Waals surface area contributed by atoms with Gasteiger partial charge in [-0.15, -0.1) is 0 Å². The van der Waals surface area contributed by atoms with E-state index in [1.54, 1.807) is 6.20 Å². The molecule has 3 nitrogen and oxygen atoms in total. The molecule has 0 bridgehead atoms. The molecule has 0 atom stereocenters. The van der Waals surface area contributed by atoms with Crippen LogP contribution in [0.2, 0.25) is 0 Å². The van der Waals surface area contributed by atoms with Crippen molar-refractivity contribution >= 4 is 0 Å². The van der Waals surface area contributed by atoms with Crippen molar-refractivity contribution in [1.82, 2.24) is 4.98 Å². The summed E-state index contributed by atoms with van der Waals surface area (Å²) in [5.74, 6) is 0.714. The van der Waals surface area contributed by atoms with Crippen molar-refractivity contribution in [3.8, 4) is 5.88 Å². The summed E-state index contributed by atoms with van der Waals surface area (Å²) in [7, 11) is 0. The number of aromatic nitrogens is 1. The molecule has 0 fully saturated rings. The Balaban J connectivity index is 2.46. The first-order valence-corrected chi connectivity index (χ1v) is 4.09. The van der Waals surface area contributed by atoms with Crippen molar-refractivity contribution in [3.05, 3.63) is 23.9 Å². The molecule has 0 spiro atoms. The molecule has 3 heteroatoms. The zero-order valence-corrected chi connectivity index (χ0v) is 7.29. The van der Waals surface area contributed by atoms with Gasteiger partial charge in [-0.1, -0.05) is 6.07 Å². The second-order valence-corrected chi connectivity index (χ2v) is 2.62. The third-order valence-electron chi connectivity index (χ3n) is 1.55. The Bertz CT molecular complexity index is 238. The average Bonchev–Trinajstić information content (AvgIpc) is 2.09. The summed E-state index contributed by atoms with van der Waals surface area (Å²) in [5, 5.41) is 0. The molecule has 2 N–H and O–H groups in total. The highest BCUT2D eigenvalue weighted by Gasteiger charge is 1.97. The molecule has 1 heterocycles. The SMILES string of the molecule is Cc1cccnc1OCCCN. The fraction of sp³-hybridized carbons (Fsp3) is 0.444. The quantitative estimate of drug-likeness (QED) is 0.682. The van der Waals surface area contributed by atoms with Crippen LogP contribution in [-0.4, -0.2) is 18.1 Å². The van der Waals surface area contributed by atoms with Crippen molar-refractivity contribution in [2.75, 3.05) is 13.2 Å². The van der Waals surface area contributed by atoms with Crippen molar-refractivity contribution in [2.24, 2.45) is 5.73 Å². The highest BCUT2D eigenvalue weighted by atomic mass is 16.5. The van der Waals surface area contributed by atoms with Gasteiger partial charge >= 0.3 is 0 Å². The number of aryl methyl sites for hydroxylation is 1. The number of nitrogens with zero attached hydrogens (tertiary/aromatic N) is 1. The lowest BCUT2D eigenvalue weighted by atomic mass is 10.3. The Labute approximate surface area is 72.6 Å². The van der Waals surface area contributed by atoms with Gasteiger partial charge < -0.3 is 10.5 Å². The number of nitrogens with two attached hydrogens (primary N) is 1. The fourth-order valence-corrected chi connectivity index (χ4v) is 0.874. The molecule has 1 aromatic rings. The van der Waals surface area contributed by atoms with Crippen molar-refractivity contribution in [2.45, 2.75) is 13.3 Å². The lowest BCUT2D eigenvalue weighted by Crippen LogP contribution is -2.07. The van der Waals surface area contributed by atoms with Crippen LogP contribution >= 0.6 is 0 Å². The monoisotopic (exact) mass is 166 g/mol. The summed E-state index contributed by atoms with van der Waals surface area (Å²) in [6, 6.07) is 3.87. The minimum atomic E-state index is 0.647. The van der Waals surface area contributed by atoms with E-state index in [0.717, 1.165) is 12.0 Å². The van der Waals surface area contributed by atoms with Gasteiger partial charge in [-0.2, -0.15) is 0 Å². The van der Waals surface area contributed by atoms with E-state index in [9.17, 15) is 0 Å². The maximum atomic E-state index is 5.39. The largest absolute Gasteiger partial charge is 0.477 e. The molecule has 66 valence electrons. The first kappa shape index (κ1) is 9.00. The van der Waals surface area contributed by atoms with Crippen molar-refractivity contribution in [3.63, 3.8) is 0 Å². The molecule has 1 rings (SSSR count). The average molecular weight is 166 g/mol. The van der Waals surface area contributed by atoms with E-state index in [1.165, 1.54) is 0 Å². The zero-order valence-electron chi connectivity index (χ0n) is 7.29. The van der Waals surface area contributed by atoms with Crippen LogP contribution in [0.15, 0.2) is 18.3 Å². The molecule has 0 saturated carbocycles.